The molecule has 2 saturated carbocycles. The van der Waals surface area contributed by atoms with Crippen LogP contribution in [0.2, 0.25) is 15.1 Å². The molecular formula is C16H20Cl3N. The van der Waals surface area contributed by atoms with Crippen LogP contribution in [0, 0.1) is 16.7 Å². The van der Waals surface area contributed by atoms with Gasteiger partial charge in [0.2, 0.25) is 0 Å². The van der Waals surface area contributed by atoms with Crippen LogP contribution in [0.3, 0.4) is 0 Å². The zero-order chi connectivity index (χ0) is 14.7. The summed E-state index contributed by atoms with van der Waals surface area (Å²) in [7, 11) is 0. The lowest BCUT2D eigenvalue weighted by Gasteiger charge is -2.40. The van der Waals surface area contributed by atoms with E-state index >= 15 is 0 Å². The van der Waals surface area contributed by atoms with Crippen molar-refractivity contribution in [2.24, 2.45) is 16.7 Å². The minimum absolute atomic E-state index is 0.296. The summed E-state index contributed by atoms with van der Waals surface area (Å²) in [4.78, 5) is 0. The molecule has 1 aromatic rings. The van der Waals surface area contributed by atoms with Crippen molar-refractivity contribution in [3.8, 4) is 0 Å². The van der Waals surface area contributed by atoms with Crippen LogP contribution in [0.1, 0.15) is 40.0 Å². The van der Waals surface area contributed by atoms with Crippen LogP contribution in [0.25, 0.3) is 0 Å². The lowest BCUT2D eigenvalue weighted by Crippen LogP contribution is -2.40. The molecule has 1 aromatic carbocycles. The molecule has 2 aliphatic rings. The molecule has 4 heteroatoms. The fourth-order valence-electron chi connectivity index (χ4n) is 4.28. The summed E-state index contributed by atoms with van der Waals surface area (Å²) >= 11 is 18.6. The van der Waals surface area contributed by atoms with Crippen LogP contribution in [-0.2, 0) is 0 Å². The van der Waals surface area contributed by atoms with Crippen molar-refractivity contribution < 1.29 is 0 Å². The Balaban J connectivity index is 1.91. The first-order chi connectivity index (χ1) is 9.25. The van der Waals surface area contributed by atoms with Gasteiger partial charge in [0.05, 0.1) is 15.7 Å². The monoisotopic (exact) mass is 331 g/mol. The second-order valence-corrected chi connectivity index (χ2v) is 8.30. The van der Waals surface area contributed by atoms with E-state index in [4.69, 9.17) is 34.8 Å². The third-order valence-corrected chi connectivity index (χ3v) is 6.93. The molecular weight excluding hydrogens is 313 g/mol. The SMILES string of the molecule is CC1(C)C2CCC1(C)C(Nc1c(Cl)cc(Cl)cc1Cl)C2. The quantitative estimate of drug-likeness (QED) is 0.672. The average Bonchev–Trinajstić information content (AvgIpc) is 2.66. The highest BCUT2D eigenvalue weighted by atomic mass is 35.5. The predicted octanol–water partition coefficient (Wildman–Crippen LogP) is 6.27. The van der Waals surface area contributed by atoms with Crippen molar-refractivity contribution in [3.63, 3.8) is 0 Å². The zero-order valence-electron chi connectivity index (χ0n) is 12.1. The standard InChI is InChI=1S/C16H20Cl3N/c1-15(2)9-4-5-16(15,3)13(6-9)20-14-11(18)7-10(17)8-12(14)19/h7-9,13,20H,4-6H2,1-3H3. The van der Waals surface area contributed by atoms with Gasteiger partial charge in [0.25, 0.3) is 0 Å². The molecule has 1 nitrogen and oxygen atoms in total. The molecule has 3 rings (SSSR count). The maximum absolute atomic E-state index is 6.30. The van der Waals surface area contributed by atoms with E-state index in [1.807, 2.05) is 0 Å². The first kappa shape index (κ1) is 14.8. The first-order valence-corrected chi connectivity index (χ1v) is 8.30. The summed E-state index contributed by atoms with van der Waals surface area (Å²) in [6.07, 6.45) is 3.80. The van der Waals surface area contributed by atoms with E-state index in [1.54, 1.807) is 12.1 Å². The number of anilines is 1. The van der Waals surface area contributed by atoms with Gasteiger partial charge in [-0.15, -0.1) is 0 Å². The molecule has 0 aliphatic heterocycles. The molecule has 0 spiro atoms. The van der Waals surface area contributed by atoms with Crippen molar-refractivity contribution in [1.29, 1.82) is 0 Å². The molecule has 0 amide bonds. The van der Waals surface area contributed by atoms with Gasteiger partial charge in [-0.05, 0) is 48.1 Å². The molecule has 3 atom stereocenters. The number of hydrogen-bond donors (Lipinski definition) is 1. The van der Waals surface area contributed by atoms with Crippen LogP contribution in [0.5, 0.6) is 0 Å². The van der Waals surface area contributed by atoms with Gasteiger partial charge in [-0.1, -0.05) is 55.6 Å². The van der Waals surface area contributed by atoms with Gasteiger partial charge >= 0.3 is 0 Å². The first-order valence-electron chi connectivity index (χ1n) is 7.17. The topological polar surface area (TPSA) is 12.0 Å². The highest BCUT2D eigenvalue weighted by Crippen LogP contribution is 2.66. The largest absolute Gasteiger partial charge is 0.379 e. The highest BCUT2D eigenvalue weighted by Gasteiger charge is 2.61. The number of nitrogens with one attached hydrogen (secondary N) is 1. The minimum Gasteiger partial charge on any atom is -0.379 e. The lowest BCUT2D eigenvalue weighted by atomic mass is 9.69. The molecule has 3 unspecified atom stereocenters. The van der Waals surface area contributed by atoms with Crippen LogP contribution >= 0.6 is 34.8 Å². The molecule has 20 heavy (non-hydrogen) atoms. The van der Waals surface area contributed by atoms with E-state index in [0.29, 0.717) is 31.9 Å². The Hall–Kier alpha value is -0.110. The second kappa shape index (κ2) is 4.69. The summed E-state index contributed by atoms with van der Waals surface area (Å²) in [5, 5.41) is 5.39. The van der Waals surface area contributed by atoms with Gasteiger partial charge in [0.15, 0.2) is 0 Å². The van der Waals surface area contributed by atoms with E-state index in [2.05, 4.69) is 26.1 Å². The summed E-state index contributed by atoms with van der Waals surface area (Å²) in [6, 6.07) is 3.92. The van der Waals surface area contributed by atoms with Gasteiger partial charge in [-0.25, -0.2) is 0 Å². The van der Waals surface area contributed by atoms with Crippen LogP contribution in [-0.4, -0.2) is 6.04 Å². The summed E-state index contributed by atoms with van der Waals surface area (Å²) < 4.78 is 0. The van der Waals surface area contributed by atoms with Crippen LogP contribution in [0.4, 0.5) is 5.69 Å². The Morgan fingerprint density at radius 3 is 2.15 bits per heavy atom. The van der Waals surface area contributed by atoms with Gasteiger partial charge in [0, 0.05) is 11.1 Å². The van der Waals surface area contributed by atoms with Gasteiger partial charge in [-0.3, -0.25) is 0 Å². The molecule has 0 heterocycles. The zero-order valence-corrected chi connectivity index (χ0v) is 14.3. The molecule has 2 aliphatic carbocycles. The van der Waals surface area contributed by atoms with E-state index in [-0.39, 0.29) is 0 Å². The molecule has 110 valence electrons. The van der Waals surface area contributed by atoms with Crippen molar-refractivity contribution in [3.05, 3.63) is 27.2 Å². The van der Waals surface area contributed by atoms with Gasteiger partial charge in [-0.2, -0.15) is 0 Å². The number of halogens is 3. The normalized spacial score (nSPS) is 34.5. The third-order valence-electron chi connectivity index (χ3n) is 6.12. The number of fused-ring (bicyclic) bond motifs is 2. The Kier molecular flexibility index (Phi) is 3.48. The Morgan fingerprint density at radius 1 is 1.10 bits per heavy atom. The molecule has 2 bridgehead atoms. The third kappa shape index (κ3) is 1.97. The smallest absolute Gasteiger partial charge is 0.0722 e. The van der Waals surface area contributed by atoms with E-state index in [9.17, 15) is 0 Å². The highest BCUT2D eigenvalue weighted by molar-refractivity contribution is 6.41. The van der Waals surface area contributed by atoms with Gasteiger partial charge in [0.1, 0.15) is 0 Å². The molecule has 1 N–H and O–H groups in total. The van der Waals surface area contributed by atoms with Crippen molar-refractivity contribution in [2.45, 2.75) is 46.1 Å². The Bertz CT molecular complexity index is 532. The number of rotatable bonds is 2. The second-order valence-electron chi connectivity index (χ2n) is 7.05. The molecule has 2 fully saturated rings. The van der Waals surface area contributed by atoms with E-state index in [1.165, 1.54) is 19.3 Å². The number of hydrogen-bond acceptors (Lipinski definition) is 1. The lowest BCUT2D eigenvalue weighted by molar-refractivity contribution is 0.142. The van der Waals surface area contributed by atoms with Crippen molar-refractivity contribution >= 4 is 40.5 Å². The van der Waals surface area contributed by atoms with Crippen LogP contribution in [0.15, 0.2) is 12.1 Å². The fourth-order valence-corrected chi connectivity index (χ4v) is 5.20. The Labute approximate surface area is 136 Å². The van der Waals surface area contributed by atoms with E-state index < -0.39 is 0 Å². The van der Waals surface area contributed by atoms with Crippen LogP contribution < -0.4 is 5.32 Å². The maximum atomic E-state index is 6.30. The Morgan fingerprint density at radius 2 is 1.70 bits per heavy atom. The van der Waals surface area contributed by atoms with Crippen molar-refractivity contribution in [2.75, 3.05) is 5.32 Å². The summed E-state index contributed by atoms with van der Waals surface area (Å²) in [5.41, 5.74) is 1.49. The minimum atomic E-state index is 0.296. The predicted molar refractivity (Wildman–Crippen MR) is 88.1 cm³/mol. The number of benzene rings is 1. The summed E-state index contributed by atoms with van der Waals surface area (Å²) in [5.74, 6) is 0.787. The van der Waals surface area contributed by atoms with Gasteiger partial charge < -0.3 is 5.32 Å². The average molecular weight is 333 g/mol. The fraction of sp³-hybridized carbons (Fsp3) is 0.625. The molecule has 0 saturated heterocycles. The maximum Gasteiger partial charge on any atom is 0.0722 e. The molecule has 0 radical (unpaired) electrons. The van der Waals surface area contributed by atoms with Crippen molar-refractivity contribution in [1.82, 2.24) is 0 Å². The van der Waals surface area contributed by atoms with E-state index in [0.717, 1.165) is 11.6 Å². The summed E-state index contributed by atoms with van der Waals surface area (Å²) in [6.45, 7) is 7.20. The molecule has 0 aromatic heterocycles.